The van der Waals surface area contributed by atoms with Crippen molar-refractivity contribution >= 4 is 15.9 Å². The van der Waals surface area contributed by atoms with Gasteiger partial charge in [0.1, 0.15) is 18.5 Å². The van der Waals surface area contributed by atoms with Gasteiger partial charge < -0.3 is 20.1 Å². The molecule has 2 atom stereocenters. The van der Waals surface area contributed by atoms with E-state index in [0.717, 1.165) is 23.2 Å². The zero-order valence-corrected chi connectivity index (χ0v) is 14.1. The smallest absolute Gasteiger partial charge is 0.119 e. The number of benzene rings is 1. The summed E-state index contributed by atoms with van der Waals surface area (Å²) in [5, 5.41) is 13.2. The molecule has 0 heterocycles. The SMILES string of the molecule is CC(CCN(C)C)NCC(O)COc1ccc(Br)cc1. The number of rotatable bonds is 9. The lowest BCUT2D eigenvalue weighted by Crippen LogP contribution is -2.37. The molecule has 0 saturated heterocycles. The third-order valence-corrected chi connectivity index (χ3v) is 3.50. The summed E-state index contributed by atoms with van der Waals surface area (Å²) in [6.07, 6.45) is 0.563. The van der Waals surface area contributed by atoms with E-state index in [4.69, 9.17) is 4.74 Å². The molecular weight excluding hydrogens is 320 g/mol. The highest BCUT2D eigenvalue weighted by Gasteiger charge is 2.08. The van der Waals surface area contributed by atoms with Crippen molar-refractivity contribution < 1.29 is 9.84 Å². The predicted octanol–water partition coefficient (Wildman–Crippen LogP) is 2.12. The van der Waals surface area contributed by atoms with Crippen LogP contribution in [-0.4, -0.2) is 55.9 Å². The van der Waals surface area contributed by atoms with Gasteiger partial charge in [0.05, 0.1) is 0 Å². The van der Waals surface area contributed by atoms with Crippen LogP contribution in [0.3, 0.4) is 0 Å². The number of hydrogen-bond donors (Lipinski definition) is 2. The summed E-state index contributed by atoms with van der Waals surface area (Å²) in [5.74, 6) is 0.771. The largest absolute Gasteiger partial charge is 0.491 e. The van der Waals surface area contributed by atoms with Crippen molar-refractivity contribution in [3.8, 4) is 5.75 Å². The van der Waals surface area contributed by atoms with E-state index in [1.165, 1.54) is 0 Å². The molecule has 0 aliphatic heterocycles. The van der Waals surface area contributed by atoms with Crippen LogP contribution in [0.1, 0.15) is 13.3 Å². The average molecular weight is 345 g/mol. The average Bonchev–Trinajstić information content (AvgIpc) is 2.42. The summed E-state index contributed by atoms with van der Waals surface area (Å²) < 4.78 is 6.55. The molecule has 0 saturated carbocycles. The van der Waals surface area contributed by atoms with E-state index >= 15 is 0 Å². The summed E-state index contributed by atoms with van der Waals surface area (Å²) in [5.41, 5.74) is 0. The first-order chi connectivity index (χ1) is 9.47. The number of nitrogens with zero attached hydrogens (tertiary/aromatic N) is 1. The molecule has 1 aromatic rings. The van der Waals surface area contributed by atoms with Crippen LogP contribution in [0.25, 0.3) is 0 Å². The van der Waals surface area contributed by atoms with Gasteiger partial charge >= 0.3 is 0 Å². The van der Waals surface area contributed by atoms with Crippen molar-refractivity contribution in [3.05, 3.63) is 28.7 Å². The lowest BCUT2D eigenvalue weighted by Gasteiger charge is -2.19. The van der Waals surface area contributed by atoms with E-state index in [2.05, 4.69) is 47.2 Å². The Morgan fingerprint density at radius 2 is 1.95 bits per heavy atom. The first kappa shape index (κ1) is 17.4. The fourth-order valence-electron chi connectivity index (χ4n) is 1.67. The quantitative estimate of drug-likeness (QED) is 0.720. The summed E-state index contributed by atoms with van der Waals surface area (Å²) in [7, 11) is 4.13. The Balaban J connectivity index is 2.16. The minimum absolute atomic E-state index is 0.301. The first-order valence-corrected chi connectivity index (χ1v) is 7.71. The van der Waals surface area contributed by atoms with Gasteiger partial charge in [0.2, 0.25) is 0 Å². The summed E-state index contributed by atoms with van der Waals surface area (Å²) in [6.45, 7) is 4.02. The molecule has 0 spiro atoms. The zero-order chi connectivity index (χ0) is 15.0. The maximum Gasteiger partial charge on any atom is 0.119 e. The van der Waals surface area contributed by atoms with E-state index in [9.17, 15) is 5.11 Å². The summed E-state index contributed by atoms with van der Waals surface area (Å²) in [4.78, 5) is 2.16. The molecule has 20 heavy (non-hydrogen) atoms. The fourth-order valence-corrected chi connectivity index (χ4v) is 1.94. The number of hydrogen-bond acceptors (Lipinski definition) is 4. The minimum Gasteiger partial charge on any atom is -0.491 e. The fraction of sp³-hybridized carbons (Fsp3) is 0.600. The number of nitrogens with one attached hydrogen (secondary N) is 1. The molecule has 0 amide bonds. The van der Waals surface area contributed by atoms with Gasteiger partial charge in [0.15, 0.2) is 0 Å². The van der Waals surface area contributed by atoms with Crippen LogP contribution in [0, 0.1) is 0 Å². The van der Waals surface area contributed by atoms with Crippen LogP contribution in [0.4, 0.5) is 0 Å². The third-order valence-electron chi connectivity index (χ3n) is 2.97. The Hall–Kier alpha value is -0.620. The van der Waals surface area contributed by atoms with Gasteiger partial charge in [-0.3, -0.25) is 0 Å². The standard InChI is InChI=1S/C15H25BrN2O2/c1-12(8-9-18(2)3)17-10-14(19)11-20-15-6-4-13(16)5-7-15/h4-7,12,14,17,19H,8-11H2,1-3H3. The Kier molecular flexibility index (Phi) is 8.14. The second kappa shape index (κ2) is 9.34. The van der Waals surface area contributed by atoms with E-state index < -0.39 is 6.10 Å². The van der Waals surface area contributed by atoms with Gasteiger partial charge in [0.25, 0.3) is 0 Å². The van der Waals surface area contributed by atoms with Crippen LogP contribution in [0.15, 0.2) is 28.7 Å². The van der Waals surface area contributed by atoms with Gasteiger partial charge in [-0.15, -0.1) is 0 Å². The third kappa shape index (κ3) is 7.85. The molecule has 1 aromatic carbocycles. The highest BCUT2D eigenvalue weighted by molar-refractivity contribution is 9.10. The van der Waals surface area contributed by atoms with Crippen LogP contribution in [0.2, 0.25) is 0 Å². The maximum atomic E-state index is 9.88. The molecule has 0 aliphatic carbocycles. The van der Waals surface area contributed by atoms with Crippen LogP contribution in [0.5, 0.6) is 5.75 Å². The number of aliphatic hydroxyl groups is 1. The van der Waals surface area contributed by atoms with E-state index in [1.807, 2.05) is 24.3 Å². The molecule has 114 valence electrons. The molecule has 0 fully saturated rings. The summed E-state index contributed by atoms with van der Waals surface area (Å²) >= 11 is 3.37. The normalized spacial score (nSPS) is 14.3. The van der Waals surface area contributed by atoms with Gasteiger partial charge in [-0.2, -0.15) is 0 Å². The second-order valence-corrected chi connectivity index (χ2v) is 6.24. The second-order valence-electron chi connectivity index (χ2n) is 5.32. The lowest BCUT2D eigenvalue weighted by atomic mass is 10.2. The molecule has 0 aromatic heterocycles. The molecular formula is C15H25BrN2O2. The molecule has 2 unspecified atom stereocenters. The highest BCUT2D eigenvalue weighted by atomic mass is 79.9. The molecule has 5 heteroatoms. The van der Waals surface area contributed by atoms with E-state index in [-0.39, 0.29) is 0 Å². The molecule has 2 N–H and O–H groups in total. The first-order valence-electron chi connectivity index (χ1n) is 6.92. The molecule has 4 nitrogen and oxygen atoms in total. The van der Waals surface area contributed by atoms with Gasteiger partial charge in [0, 0.05) is 17.1 Å². The summed E-state index contributed by atoms with van der Waals surface area (Å²) in [6, 6.07) is 7.99. The van der Waals surface area contributed by atoms with Crippen LogP contribution >= 0.6 is 15.9 Å². The number of ether oxygens (including phenoxy) is 1. The number of aliphatic hydroxyl groups excluding tert-OH is 1. The Morgan fingerprint density at radius 1 is 1.30 bits per heavy atom. The Morgan fingerprint density at radius 3 is 2.55 bits per heavy atom. The van der Waals surface area contributed by atoms with Crippen molar-refractivity contribution in [2.24, 2.45) is 0 Å². The van der Waals surface area contributed by atoms with Crippen molar-refractivity contribution in [1.29, 1.82) is 0 Å². The van der Waals surface area contributed by atoms with Crippen molar-refractivity contribution in [2.45, 2.75) is 25.5 Å². The van der Waals surface area contributed by atoms with Crippen molar-refractivity contribution in [2.75, 3.05) is 33.8 Å². The van der Waals surface area contributed by atoms with E-state index in [0.29, 0.717) is 19.2 Å². The van der Waals surface area contributed by atoms with Gasteiger partial charge in [-0.05, 0) is 58.3 Å². The predicted molar refractivity (Wildman–Crippen MR) is 86.3 cm³/mol. The maximum absolute atomic E-state index is 9.88. The van der Waals surface area contributed by atoms with Crippen LogP contribution < -0.4 is 10.1 Å². The van der Waals surface area contributed by atoms with Gasteiger partial charge in [-0.25, -0.2) is 0 Å². The molecule has 0 aliphatic rings. The zero-order valence-electron chi connectivity index (χ0n) is 12.5. The van der Waals surface area contributed by atoms with Crippen molar-refractivity contribution in [3.63, 3.8) is 0 Å². The lowest BCUT2D eigenvalue weighted by molar-refractivity contribution is 0.103. The Labute approximate surface area is 130 Å². The monoisotopic (exact) mass is 344 g/mol. The van der Waals surface area contributed by atoms with Gasteiger partial charge in [-0.1, -0.05) is 15.9 Å². The molecule has 1 rings (SSSR count). The van der Waals surface area contributed by atoms with Crippen LogP contribution in [-0.2, 0) is 0 Å². The molecule has 0 bridgehead atoms. The Bertz CT molecular complexity index is 371. The highest BCUT2D eigenvalue weighted by Crippen LogP contribution is 2.16. The van der Waals surface area contributed by atoms with Crippen molar-refractivity contribution in [1.82, 2.24) is 10.2 Å². The minimum atomic E-state index is -0.500. The topological polar surface area (TPSA) is 44.7 Å². The molecule has 0 radical (unpaired) electrons. The number of halogens is 1. The van der Waals surface area contributed by atoms with E-state index in [1.54, 1.807) is 0 Å².